The van der Waals surface area contributed by atoms with Crippen LogP contribution in [0.4, 0.5) is 10.5 Å². The maximum Gasteiger partial charge on any atom is 0.317 e. The Balaban J connectivity index is 1.71. The van der Waals surface area contributed by atoms with Crippen LogP contribution in [0.15, 0.2) is 24.3 Å². The van der Waals surface area contributed by atoms with Crippen LogP contribution in [-0.2, 0) is 15.8 Å². The average Bonchev–Trinajstić information content (AvgIpc) is 2.82. The largest absolute Gasteiger partial charge is 0.399 e. The van der Waals surface area contributed by atoms with Crippen LogP contribution in [0.5, 0.6) is 0 Å². The van der Waals surface area contributed by atoms with Crippen LogP contribution in [0.3, 0.4) is 0 Å². The smallest absolute Gasteiger partial charge is 0.317 e. The van der Waals surface area contributed by atoms with Crippen molar-refractivity contribution in [2.24, 2.45) is 0 Å². The molecule has 2 aliphatic rings. The highest BCUT2D eigenvalue weighted by atomic mass is 32.2. The van der Waals surface area contributed by atoms with Crippen molar-refractivity contribution in [3.8, 4) is 0 Å². The van der Waals surface area contributed by atoms with Crippen molar-refractivity contribution >= 4 is 21.7 Å². The van der Waals surface area contributed by atoms with Crippen LogP contribution in [0, 0.1) is 0 Å². The van der Waals surface area contributed by atoms with Crippen LogP contribution in [0.2, 0.25) is 0 Å². The molecule has 2 saturated heterocycles. The molecule has 0 aliphatic carbocycles. The Bertz CT molecular complexity index is 644. The molecule has 2 aliphatic heterocycles. The lowest BCUT2D eigenvalue weighted by molar-refractivity contribution is 0.164. The molecule has 2 fully saturated rings. The van der Waals surface area contributed by atoms with Crippen molar-refractivity contribution in [3.63, 3.8) is 0 Å². The fraction of sp³-hybridized carbons (Fsp3) is 0.462. The maximum atomic E-state index is 12.5. The van der Waals surface area contributed by atoms with E-state index >= 15 is 0 Å². The summed E-state index contributed by atoms with van der Waals surface area (Å²) >= 11 is 0. The van der Waals surface area contributed by atoms with Gasteiger partial charge in [-0.1, -0.05) is 12.1 Å². The first-order valence-corrected chi connectivity index (χ1v) is 8.43. The summed E-state index contributed by atoms with van der Waals surface area (Å²) in [6.07, 6.45) is 0. The Labute approximate surface area is 123 Å². The van der Waals surface area contributed by atoms with Crippen molar-refractivity contribution in [2.75, 3.05) is 31.9 Å². The zero-order valence-electron chi connectivity index (χ0n) is 11.5. The fourth-order valence-electron chi connectivity index (χ4n) is 2.74. The Hall–Kier alpha value is -1.80. The molecule has 0 bridgehead atoms. The van der Waals surface area contributed by atoms with E-state index in [9.17, 15) is 13.2 Å². The van der Waals surface area contributed by atoms with Gasteiger partial charge >= 0.3 is 6.03 Å². The fourth-order valence-corrected chi connectivity index (χ4v) is 4.30. The number of nitrogens with zero attached hydrogens (tertiary/aromatic N) is 2. The van der Waals surface area contributed by atoms with Gasteiger partial charge in [0, 0.05) is 31.9 Å². The zero-order chi connectivity index (χ0) is 15.0. The van der Waals surface area contributed by atoms with Crippen LogP contribution >= 0.6 is 0 Å². The molecule has 0 aromatic heterocycles. The molecular weight excluding hydrogens is 292 g/mol. The summed E-state index contributed by atoms with van der Waals surface area (Å²) in [7, 11) is -3.38. The number of anilines is 1. The molecule has 2 amide bonds. The Morgan fingerprint density at radius 2 is 1.95 bits per heavy atom. The number of rotatable bonds is 3. The lowest BCUT2D eigenvalue weighted by Gasteiger charge is -2.35. The number of nitrogen functional groups attached to an aromatic ring is 1. The van der Waals surface area contributed by atoms with Gasteiger partial charge in [0.25, 0.3) is 0 Å². The number of benzene rings is 1. The molecule has 21 heavy (non-hydrogen) atoms. The number of sulfonamides is 1. The predicted octanol–water partition coefficient (Wildman–Crippen LogP) is -0.192. The summed E-state index contributed by atoms with van der Waals surface area (Å²) in [5.41, 5.74) is 6.93. The number of nitrogens with one attached hydrogen (secondary N) is 1. The van der Waals surface area contributed by atoms with Gasteiger partial charge in [-0.2, -0.15) is 4.31 Å². The highest BCUT2D eigenvalue weighted by molar-refractivity contribution is 7.88. The van der Waals surface area contributed by atoms with E-state index in [0.29, 0.717) is 37.4 Å². The minimum atomic E-state index is -3.38. The van der Waals surface area contributed by atoms with E-state index in [2.05, 4.69) is 5.32 Å². The van der Waals surface area contributed by atoms with E-state index < -0.39 is 10.0 Å². The molecule has 7 nitrogen and oxygen atoms in total. The average molecular weight is 310 g/mol. The summed E-state index contributed by atoms with van der Waals surface area (Å²) in [6, 6.07) is 6.68. The third kappa shape index (κ3) is 2.81. The van der Waals surface area contributed by atoms with Crippen molar-refractivity contribution < 1.29 is 13.2 Å². The first kappa shape index (κ1) is 14.2. The quantitative estimate of drug-likeness (QED) is 0.756. The number of piperazine rings is 1. The number of carbonyl (C=O) groups excluding carboxylic acids is 1. The van der Waals surface area contributed by atoms with E-state index in [1.807, 2.05) is 0 Å². The van der Waals surface area contributed by atoms with Crippen LogP contribution < -0.4 is 11.1 Å². The Morgan fingerprint density at radius 3 is 2.67 bits per heavy atom. The van der Waals surface area contributed by atoms with Crippen LogP contribution in [-0.4, -0.2) is 55.9 Å². The Morgan fingerprint density at radius 1 is 1.24 bits per heavy atom. The number of fused-ring (bicyclic) bond motifs is 1. The minimum Gasteiger partial charge on any atom is -0.399 e. The Kier molecular flexibility index (Phi) is 3.50. The second kappa shape index (κ2) is 5.19. The van der Waals surface area contributed by atoms with Gasteiger partial charge in [0.1, 0.15) is 0 Å². The number of amides is 2. The van der Waals surface area contributed by atoms with Gasteiger partial charge in [-0.25, -0.2) is 13.2 Å². The summed E-state index contributed by atoms with van der Waals surface area (Å²) in [4.78, 5) is 13.2. The molecule has 1 atom stereocenters. The van der Waals surface area contributed by atoms with Crippen LogP contribution in [0.25, 0.3) is 0 Å². The molecular formula is C13H18N4O3S. The first-order valence-electron chi connectivity index (χ1n) is 6.82. The zero-order valence-corrected chi connectivity index (χ0v) is 12.3. The molecule has 0 radical (unpaired) electrons. The third-order valence-electron chi connectivity index (χ3n) is 3.92. The molecule has 114 valence electrons. The number of carbonyl (C=O) groups is 1. The third-order valence-corrected chi connectivity index (χ3v) is 5.73. The number of nitrogens with two attached hydrogens (primary N) is 1. The summed E-state index contributed by atoms with van der Waals surface area (Å²) in [5, 5.41) is 2.74. The maximum absolute atomic E-state index is 12.5. The predicted molar refractivity (Wildman–Crippen MR) is 78.9 cm³/mol. The number of hydrogen-bond acceptors (Lipinski definition) is 4. The molecule has 0 spiro atoms. The first-order chi connectivity index (χ1) is 9.95. The van der Waals surface area contributed by atoms with Gasteiger partial charge in [-0.15, -0.1) is 0 Å². The van der Waals surface area contributed by atoms with E-state index in [0.717, 1.165) is 0 Å². The molecule has 3 rings (SSSR count). The van der Waals surface area contributed by atoms with E-state index in [4.69, 9.17) is 5.73 Å². The highest BCUT2D eigenvalue weighted by Gasteiger charge is 2.39. The SMILES string of the molecule is Nc1ccc(CS(=O)(=O)N2CCN3C(=O)NCC3C2)cc1. The van der Waals surface area contributed by atoms with Gasteiger partial charge in [0.15, 0.2) is 0 Å². The van der Waals surface area contributed by atoms with Gasteiger partial charge < -0.3 is 16.0 Å². The van der Waals surface area contributed by atoms with E-state index in [-0.39, 0.29) is 17.8 Å². The summed E-state index contributed by atoms with van der Waals surface area (Å²) in [6.45, 7) is 1.65. The molecule has 1 aromatic carbocycles. The summed E-state index contributed by atoms with van der Waals surface area (Å²) in [5.74, 6) is -0.0403. The van der Waals surface area contributed by atoms with Crippen molar-refractivity contribution in [1.82, 2.24) is 14.5 Å². The lowest BCUT2D eigenvalue weighted by atomic mass is 10.2. The van der Waals surface area contributed by atoms with Crippen LogP contribution in [0.1, 0.15) is 5.56 Å². The normalized spacial score (nSPS) is 23.0. The van der Waals surface area contributed by atoms with Crippen molar-refractivity contribution in [1.29, 1.82) is 0 Å². The standard InChI is InChI=1S/C13H18N4O3S/c14-11-3-1-10(2-4-11)9-21(19,20)16-5-6-17-12(8-16)7-15-13(17)18/h1-4,12H,5-9,14H2,(H,15,18). The van der Waals surface area contributed by atoms with Crippen molar-refractivity contribution in [2.45, 2.75) is 11.8 Å². The van der Waals surface area contributed by atoms with Gasteiger partial charge in [-0.05, 0) is 17.7 Å². The molecule has 8 heteroatoms. The lowest BCUT2D eigenvalue weighted by Crippen LogP contribution is -2.53. The molecule has 0 saturated carbocycles. The van der Waals surface area contributed by atoms with Gasteiger partial charge in [0.2, 0.25) is 10.0 Å². The highest BCUT2D eigenvalue weighted by Crippen LogP contribution is 2.19. The van der Waals surface area contributed by atoms with Gasteiger partial charge in [0.05, 0.1) is 11.8 Å². The molecule has 2 heterocycles. The van der Waals surface area contributed by atoms with E-state index in [1.54, 1.807) is 29.2 Å². The topological polar surface area (TPSA) is 95.7 Å². The van der Waals surface area contributed by atoms with Gasteiger partial charge in [-0.3, -0.25) is 0 Å². The molecule has 1 aromatic rings. The second-order valence-corrected chi connectivity index (χ2v) is 7.36. The van der Waals surface area contributed by atoms with E-state index in [1.165, 1.54) is 4.31 Å². The second-order valence-electron chi connectivity index (χ2n) is 5.39. The molecule has 3 N–H and O–H groups in total. The monoisotopic (exact) mass is 310 g/mol. The minimum absolute atomic E-state index is 0.0403. The number of urea groups is 1. The summed E-state index contributed by atoms with van der Waals surface area (Å²) < 4.78 is 26.4. The molecule has 1 unspecified atom stereocenters. The number of hydrogen-bond donors (Lipinski definition) is 2. The van der Waals surface area contributed by atoms with Crippen molar-refractivity contribution in [3.05, 3.63) is 29.8 Å².